The van der Waals surface area contributed by atoms with Crippen molar-refractivity contribution in [3.05, 3.63) is 58.6 Å². The Morgan fingerprint density at radius 3 is 2.78 bits per heavy atom. The zero-order chi connectivity index (χ0) is 19.6. The zero-order valence-electron chi connectivity index (χ0n) is 15.6. The molecule has 0 fully saturated rings. The van der Waals surface area contributed by atoms with E-state index in [2.05, 4.69) is 10.6 Å². The Morgan fingerprint density at radius 2 is 2.11 bits per heavy atom. The minimum absolute atomic E-state index is 0.0594. The molecule has 7 heteroatoms. The molecular formula is C20H23N3O4. The molecule has 0 spiro atoms. The Bertz CT molecular complexity index is 881. The highest BCUT2D eigenvalue weighted by molar-refractivity contribution is 6.07. The molecule has 7 nitrogen and oxygen atoms in total. The lowest BCUT2D eigenvalue weighted by Crippen LogP contribution is -2.34. The highest BCUT2D eigenvalue weighted by Crippen LogP contribution is 2.32. The summed E-state index contributed by atoms with van der Waals surface area (Å²) in [6, 6.07) is 4.83. The number of anilines is 1. The molecule has 2 aliphatic rings. The monoisotopic (exact) mass is 369 g/mol. The summed E-state index contributed by atoms with van der Waals surface area (Å²) in [4.78, 5) is 25.5. The largest absolute Gasteiger partial charge is 0.505 e. The van der Waals surface area contributed by atoms with Gasteiger partial charge in [-0.3, -0.25) is 9.59 Å². The number of aromatic hydroxyl groups is 1. The lowest BCUT2D eigenvalue weighted by Gasteiger charge is -2.26. The molecule has 3 N–H and O–H groups in total. The van der Waals surface area contributed by atoms with Gasteiger partial charge < -0.3 is 25.4 Å². The lowest BCUT2D eigenvalue weighted by atomic mass is 9.98. The number of carbonyl (C=O) groups is 2. The van der Waals surface area contributed by atoms with Crippen LogP contribution in [0.15, 0.2) is 53.1 Å². The maximum Gasteiger partial charge on any atom is 0.257 e. The highest BCUT2D eigenvalue weighted by Gasteiger charge is 2.29. The molecule has 0 bridgehead atoms. The fourth-order valence-corrected chi connectivity index (χ4v) is 2.82. The summed E-state index contributed by atoms with van der Waals surface area (Å²) in [6.07, 6.45) is 4.24. The van der Waals surface area contributed by atoms with Gasteiger partial charge in [0.15, 0.2) is 11.5 Å². The molecule has 1 aliphatic heterocycles. The number of phenols is 1. The van der Waals surface area contributed by atoms with Gasteiger partial charge in [0.1, 0.15) is 18.1 Å². The van der Waals surface area contributed by atoms with Gasteiger partial charge in [-0.05, 0) is 36.8 Å². The summed E-state index contributed by atoms with van der Waals surface area (Å²) in [7, 11) is 3.22. The Kier molecular flexibility index (Phi) is 5.21. The third kappa shape index (κ3) is 3.97. The van der Waals surface area contributed by atoms with E-state index >= 15 is 0 Å². The van der Waals surface area contributed by atoms with Crippen LogP contribution >= 0.6 is 0 Å². The van der Waals surface area contributed by atoms with Gasteiger partial charge in [0.05, 0.1) is 24.2 Å². The van der Waals surface area contributed by atoms with E-state index in [1.165, 1.54) is 4.90 Å². The van der Waals surface area contributed by atoms with Crippen LogP contribution in [0, 0.1) is 0 Å². The van der Waals surface area contributed by atoms with Crippen LogP contribution in [-0.2, 0) is 9.53 Å². The quantitative estimate of drug-likeness (QED) is 0.666. The predicted molar refractivity (Wildman–Crippen MR) is 102 cm³/mol. The molecule has 0 unspecified atom stereocenters. The van der Waals surface area contributed by atoms with Crippen molar-refractivity contribution < 1.29 is 19.4 Å². The van der Waals surface area contributed by atoms with Gasteiger partial charge in [-0.15, -0.1) is 0 Å². The van der Waals surface area contributed by atoms with Crippen molar-refractivity contribution in [1.82, 2.24) is 10.2 Å². The third-order valence-corrected chi connectivity index (χ3v) is 4.39. The summed E-state index contributed by atoms with van der Waals surface area (Å²) >= 11 is 0. The summed E-state index contributed by atoms with van der Waals surface area (Å²) in [5.41, 5.74) is 2.78. The Labute approximate surface area is 158 Å². The Hall–Kier alpha value is -3.22. The number of nitrogens with zero attached hydrogens (tertiary/aromatic N) is 1. The number of Topliss-reactive ketones (excluding diaryl/α,β-unsaturated/α-hetero) is 1. The molecule has 0 atom stereocenters. The van der Waals surface area contributed by atoms with Gasteiger partial charge in [-0.25, -0.2) is 0 Å². The molecule has 1 aromatic rings. The number of amides is 1. The third-order valence-electron chi connectivity index (χ3n) is 4.39. The number of benzene rings is 1. The first-order chi connectivity index (χ1) is 12.9. The van der Waals surface area contributed by atoms with Gasteiger partial charge in [-0.2, -0.15) is 0 Å². The molecule has 0 saturated heterocycles. The van der Waals surface area contributed by atoms with Crippen molar-refractivity contribution in [3.63, 3.8) is 0 Å². The van der Waals surface area contributed by atoms with Crippen LogP contribution in [0.25, 0.3) is 0 Å². The van der Waals surface area contributed by atoms with Gasteiger partial charge in [0.2, 0.25) is 0 Å². The molecule has 0 aromatic heterocycles. The maximum atomic E-state index is 12.1. The molecule has 0 radical (unpaired) electrons. The molecule has 142 valence electrons. The number of hydrogen-bond acceptors (Lipinski definition) is 6. The maximum absolute atomic E-state index is 12.1. The first-order valence-corrected chi connectivity index (χ1v) is 8.68. The topological polar surface area (TPSA) is 90.9 Å². The summed E-state index contributed by atoms with van der Waals surface area (Å²) in [5.74, 6) is 0.258. The van der Waals surface area contributed by atoms with E-state index in [4.69, 9.17) is 4.74 Å². The van der Waals surface area contributed by atoms with Crippen LogP contribution in [-0.4, -0.2) is 48.9 Å². The summed E-state index contributed by atoms with van der Waals surface area (Å²) < 4.78 is 5.54. The lowest BCUT2D eigenvalue weighted by molar-refractivity contribution is -0.116. The number of rotatable bonds is 6. The number of phenolic OH excluding ortho intramolecular Hbond substituents is 1. The number of hydrogen-bond donors (Lipinski definition) is 3. The smallest absolute Gasteiger partial charge is 0.257 e. The van der Waals surface area contributed by atoms with E-state index in [1.807, 2.05) is 19.1 Å². The Morgan fingerprint density at radius 1 is 1.33 bits per heavy atom. The minimum atomic E-state index is -0.312. The van der Waals surface area contributed by atoms with Crippen LogP contribution in [0.3, 0.4) is 0 Å². The van der Waals surface area contributed by atoms with Crippen LogP contribution in [0.2, 0.25) is 0 Å². The predicted octanol–water partition coefficient (Wildman–Crippen LogP) is 2.14. The van der Waals surface area contributed by atoms with Crippen molar-refractivity contribution in [2.24, 2.45) is 0 Å². The number of ether oxygens (including phenoxy) is 1. The molecule has 1 aromatic carbocycles. The van der Waals surface area contributed by atoms with Crippen molar-refractivity contribution in [3.8, 4) is 5.75 Å². The fourth-order valence-electron chi connectivity index (χ4n) is 2.82. The highest BCUT2D eigenvalue weighted by atomic mass is 16.5. The van der Waals surface area contributed by atoms with E-state index in [0.717, 1.165) is 17.0 Å². The van der Waals surface area contributed by atoms with Crippen LogP contribution in [0.4, 0.5) is 5.69 Å². The number of para-hydroxylation sites is 1. The van der Waals surface area contributed by atoms with E-state index in [0.29, 0.717) is 31.0 Å². The first kappa shape index (κ1) is 18.6. The molecule has 0 saturated carbocycles. The van der Waals surface area contributed by atoms with Gasteiger partial charge >= 0.3 is 0 Å². The second-order valence-electron chi connectivity index (χ2n) is 6.70. The number of carbonyl (C=O) groups excluding carboxylic acids is 2. The molecular weight excluding hydrogens is 346 g/mol. The first-order valence-electron chi connectivity index (χ1n) is 8.68. The summed E-state index contributed by atoms with van der Waals surface area (Å²) in [5, 5.41) is 16.6. The minimum Gasteiger partial charge on any atom is -0.505 e. The van der Waals surface area contributed by atoms with E-state index in [1.54, 1.807) is 32.3 Å². The molecule has 1 heterocycles. The van der Waals surface area contributed by atoms with Crippen molar-refractivity contribution in [2.75, 3.05) is 32.6 Å². The number of ketones is 1. The number of allylic oxidation sites excluding steroid dienone is 4. The summed E-state index contributed by atoms with van der Waals surface area (Å²) in [6.45, 7) is 3.03. The Balaban J connectivity index is 1.75. The van der Waals surface area contributed by atoms with Gasteiger partial charge in [-0.1, -0.05) is 6.07 Å². The van der Waals surface area contributed by atoms with E-state index < -0.39 is 0 Å². The second-order valence-corrected chi connectivity index (χ2v) is 6.70. The van der Waals surface area contributed by atoms with E-state index in [9.17, 15) is 14.7 Å². The standard InChI is InChI=1S/C20H23N3O4/c1-12-7-8-27-13(9-12)11-21-16-10-17(24)18(16)22-15-6-4-5-14(19(15)25)20(26)23(2)3/h4-7,9,21-22,25H,8,10-11H2,1-3H3. The van der Waals surface area contributed by atoms with Crippen LogP contribution in [0.5, 0.6) is 5.75 Å². The molecule has 1 amide bonds. The molecule has 1 aliphatic carbocycles. The normalized spacial score (nSPS) is 16.0. The average molecular weight is 369 g/mol. The number of nitrogens with one attached hydrogen (secondary N) is 2. The van der Waals surface area contributed by atoms with Gasteiger partial charge in [0, 0.05) is 19.8 Å². The van der Waals surface area contributed by atoms with Crippen molar-refractivity contribution >= 4 is 17.4 Å². The van der Waals surface area contributed by atoms with Gasteiger partial charge in [0.25, 0.3) is 5.91 Å². The SMILES string of the molecule is CC1=CCOC(CNC2=C(Nc3cccc(C(=O)N(C)C)c3O)C(=O)C2)=C1. The molecule has 3 rings (SSSR count). The van der Waals surface area contributed by atoms with Crippen LogP contribution < -0.4 is 10.6 Å². The van der Waals surface area contributed by atoms with Crippen LogP contribution in [0.1, 0.15) is 23.7 Å². The van der Waals surface area contributed by atoms with E-state index in [-0.39, 0.29) is 23.0 Å². The average Bonchev–Trinajstić information content (AvgIpc) is 2.63. The van der Waals surface area contributed by atoms with Crippen molar-refractivity contribution in [1.29, 1.82) is 0 Å². The fraction of sp³-hybridized carbons (Fsp3) is 0.300. The zero-order valence-corrected chi connectivity index (χ0v) is 15.6. The second kappa shape index (κ2) is 7.57. The van der Waals surface area contributed by atoms with Crippen molar-refractivity contribution in [2.45, 2.75) is 13.3 Å². The molecule has 27 heavy (non-hydrogen) atoms.